The average Bonchev–Trinajstić information content (AvgIpc) is 1.62. The van der Waals surface area contributed by atoms with Gasteiger partial charge in [0.1, 0.15) is 11.2 Å². The van der Waals surface area contributed by atoms with Gasteiger partial charge in [-0.1, -0.05) is 0 Å². The van der Waals surface area contributed by atoms with E-state index in [9.17, 15) is 4.79 Å². The normalized spacial score (nSPS) is 13.3. The number of hydrogen-bond acceptors (Lipinski definition) is 4. The Morgan fingerprint density at radius 3 is 1.60 bits per heavy atom. The molecular weight excluding hydrogens is 134 g/mol. The number of aliphatic carboxylic acids is 1. The first-order chi connectivity index (χ1) is 4.19. The topological polar surface area (TPSA) is 115 Å². The number of nitrogens with two attached hydrogens (primary N) is 3. The Bertz CT molecular complexity index is 147. The molecule has 5 heteroatoms. The summed E-state index contributed by atoms with van der Waals surface area (Å²) in [7, 11) is 0. The van der Waals surface area contributed by atoms with Crippen molar-refractivity contribution in [2.24, 2.45) is 22.6 Å². The zero-order chi connectivity index (χ0) is 8.58. The Kier molecular flexibility index (Phi) is 2.05. The Hall–Kier alpha value is -0.650. The number of rotatable bonds is 2. The molecule has 0 atom stereocenters. The van der Waals surface area contributed by atoms with Crippen LogP contribution >= 0.6 is 0 Å². The fourth-order valence-electron chi connectivity index (χ4n) is 0.185. The third kappa shape index (κ3) is 1.44. The summed E-state index contributed by atoms with van der Waals surface area (Å²) in [6, 6.07) is 0. The Morgan fingerprint density at radius 1 is 1.30 bits per heavy atom. The van der Waals surface area contributed by atoms with Crippen molar-refractivity contribution in [2.75, 3.05) is 0 Å². The van der Waals surface area contributed by atoms with Gasteiger partial charge in [0.2, 0.25) is 0 Å². The van der Waals surface area contributed by atoms with Gasteiger partial charge in [0.15, 0.2) is 0 Å². The maximum Gasteiger partial charge on any atom is 0.313 e. The zero-order valence-electron chi connectivity index (χ0n) is 6.09. The van der Waals surface area contributed by atoms with Crippen LogP contribution in [0.5, 0.6) is 0 Å². The highest BCUT2D eigenvalue weighted by Gasteiger charge is 2.42. The van der Waals surface area contributed by atoms with Gasteiger partial charge in [-0.2, -0.15) is 0 Å². The van der Waals surface area contributed by atoms with Crippen molar-refractivity contribution >= 4 is 5.97 Å². The SMILES string of the molecule is CC(C)(C(=O)O)C(N)(N)N. The fourth-order valence-corrected chi connectivity index (χ4v) is 0.185. The van der Waals surface area contributed by atoms with E-state index in [1.54, 1.807) is 0 Å². The molecule has 0 aliphatic carbocycles. The summed E-state index contributed by atoms with van der Waals surface area (Å²) in [5, 5.41) is 8.54. The van der Waals surface area contributed by atoms with Crippen LogP contribution in [0.1, 0.15) is 13.8 Å². The Labute approximate surface area is 59.2 Å². The third-order valence-electron chi connectivity index (χ3n) is 1.62. The fraction of sp³-hybridized carbons (Fsp3) is 0.800. The molecule has 60 valence electrons. The van der Waals surface area contributed by atoms with Crippen LogP contribution in [0.4, 0.5) is 0 Å². The lowest BCUT2D eigenvalue weighted by Gasteiger charge is -2.33. The molecule has 0 saturated carbocycles. The van der Waals surface area contributed by atoms with Crippen LogP contribution in [-0.2, 0) is 4.79 Å². The van der Waals surface area contributed by atoms with E-state index in [0.717, 1.165) is 0 Å². The van der Waals surface area contributed by atoms with E-state index in [-0.39, 0.29) is 0 Å². The molecule has 5 nitrogen and oxygen atoms in total. The lowest BCUT2D eigenvalue weighted by molar-refractivity contribution is -0.150. The number of carbonyl (C=O) groups is 1. The van der Waals surface area contributed by atoms with Crippen molar-refractivity contribution in [2.45, 2.75) is 19.6 Å². The first kappa shape index (κ1) is 9.35. The third-order valence-corrected chi connectivity index (χ3v) is 1.62. The zero-order valence-corrected chi connectivity index (χ0v) is 6.09. The average molecular weight is 147 g/mol. The van der Waals surface area contributed by atoms with E-state index in [1.165, 1.54) is 13.8 Å². The van der Waals surface area contributed by atoms with Crippen molar-refractivity contribution in [3.05, 3.63) is 0 Å². The molecule has 0 amide bonds. The van der Waals surface area contributed by atoms with Crippen LogP contribution in [0, 0.1) is 5.41 Å². The maximum absolute atomic E-state index is 10.4. The van der Waals surface area contributed by atoms with Gasteiger partial charge in [0.05, 0.1) is 0 Å². The van der Waals surface area contributed by atoms with E-state index in [0.29, 0.717) is 0 Å². The minimum Gasteiger partial charge on any atom is -0.481 e. The van der Waals surface area contributed by atoms with Crippen molar-refractivity contribution in [3.63, 3.8) is 0 Å². The molecule has 0 aromatic rings. The van der Waals surface area contributed by atoms with Crippen LogP contribution in [0.2, 0.25) is 0 Å². The highest BCUT2D eigenvalue weighted by Crippen LogP contribution is 2.20. The van der Waals surface area contributed by atoms with Crippen molar-refractivity contribution in [3.8, 4) is 0 Å². The minimum absolute atomic E-state index is 1.11. The summed E-state index contributed by atoms with van der Waals surface area (Å²) >= 11 is 0. The van der Waals surface area contributed by atoms with E-state index in [2.05, 4.69) is 0 Å². The predicted molar refractivity (Wildman–Crippen MR) is 36.7 cm³/mol. The van der Waals surface area contributed by atoms with Gasteiger partial charge in [0, 0.05) is 0 Å². The van der Waals surface area contributed by atoms with E-state index >= 15 is 0 Å². The van der Waals surface area contributed by atoms with Gasteiger partial charge >= 0.3 is 5.97 Å². The van der Waals surface area contributed by atoms with E-state index in [1.807, 2.05) is 0 Å². The minimum atomic E-state index is -1.68. The van der Waals surface area contributed by atoms with Crippen LogP contribution in [0.15, 0.2) is 0 Å². The first-order valence-electron chi connectivity index (χ1n) is 2.79. The summed E-state index contributed by atoms with van der Waals surface area (Å²) in [6.45, 7) is 2.74. The molecule has 0 rings (SSSR count). The number of hydrogen-bond donors (Lipinski definition) is 4. The van der Waals surface area contributed by atoms with E-state index in [4.69, 9.17) is 22.3 Å². The molecule has 0 bridgehead atoms. The monoisotopic (exact) mass is 147 g/mol. The van der Waals surface area contributed by atoms with Gasteiger partial charge in [-0.3, -0.25) is 4.79 Å². The maximum atomic E-state index is 10.4. The molecule has 0 radical (unpaired) electrons. The van der Waals surface area contributed by atoms with Gasteiger partial charge < -0.3 is 22.3 Å². The molecule has 10 heavy (non-hydrogen) atoms. The molecule has 0 aromatic carbocycles. The Morgan fingerprint density at radius 2 is 1.60 bits per heavy atom. The predicted octanol–water partition coefficient (Wildman–Crippen LogP) is -1.37. The summed E-state index contributed by atoms with van der Waals surface area (Å²) in [5.41, 5.74) is 14.3. The van der Waals surface area contributed by atoms with Gasteiger partial charge in [-0.15, -0.1) is 0 Å². The quantitative estimate of drug-likeness (QED) is 0.359. The second-order valence-electron chi connectivity index (χ2n) is 2.86. The second kappa shape index (κ2) is 2.19. The van der Waals surface area contributed by atoms with Gasteiger partial charge in [0.25, 0.3) is 0 Å². The highest BCUT2D eigenvalue weighted by atomic mass is 16.4. The van der Waals surface area contributed by atoms with Crippen molar-refractivity contribution in [1.82, 2.24) is 0 Å². The molecule has 0 aliphatic heterocycles. The lowest BCUT2D eigenvalue weighted by atomic mass is 9.86. The number of carboxylic acid groups (broad SMARTS) is 1. The van der Waals surface area contributed by atoms with E-state index < -0.39 is 17.2 Å². The molecule has 0 fully saturated rings. The second-order valence-corrected chi connectivity index (χ2v) is 2.86. The molecule has 7 N–H and O–H groups in total. The van der Waals surface area contributed by atoms with Crippen LogP contribution in [0.25, 0.3) is 0 Å². The standard InChI is InChI=1S/C5H13N3O2/c1-4(2,3(9)10)5(6,7)8/h6-8H2,1-2H3,(H,9,10). The highest BCUT2D eigenvalue weighted by molar-refractivity contribution is 5.75. The van der Waals surface area contributed by atoms with Gasteiger partial charge in [-0.25, -0.2) is 0 Å². The van der Waals surface area contributed by atoms with Crippen LogP contribution in [0.3, 0.4) is 0 Å². The molecule has 0 spiro atoms. The smallest absolute Gasteiger partial charge is 0.313 e. The van der Waals surface area contributed by atoms with Crippen molar-refractivity contribution in [1.29, 1.82) is 0 Å². The molecular formula is C5H13N3O2. The summed E-state index contributed by atoms with van der Waals surface area (Å²) in [4.78, 5) is 10.4. The Balaban J connectivity index is 4.57. The molecule has 0 heterocycles. The van der Waals surface area contributed by atoms with Crippen molar-refractivity contribution < 1.29 is 9.90 Å². The lowest BCUT2D eigenvalue weighted by Crippen LogP contribution is -2.69. The van der Waals surface area contributed by atoms with Crippen LogP contribution in [-0.4, -0.2) is 16.9 Å². The summed E-state index contributed by atoms with van der Waals surface area (Å²) in [5.74, 6) is -2.79. The molecule has 0 aliphatic rings. The number of carboxylic acids is 1. The summed E-state index contributed by atoms with van der Waals surface area (Å²) < 4.78 is 0. The molecule has 0 saturated heterocycles. The molecule has 0 unspecified atom stereocenters. The van der Waals surface area contributed by atoms with Crippen LogP contribution < -0.4 is 17.2 Å². The summed E-state index contributed by atoms with van der Waals surface area (Å²) in [6.07, 6.45) is 0. The molecule has 0 aromatic heterocycles. The first-order valence-corrected chi connectivity index (χ1v) is 2.79. The van der Waals surface area contributed by atoms with Gasteiger partial charge in [-0.05, 0) is 13.8 Å². The largest absolute Gasteiger partial charge is 0.481 e.